The average Bonchev–Trinajstić information content (AvgIpc) is 3.45. The summed E-state index contributed by atoms with van der Waals surface area (Å²) < 4.78 is 10.9. The Morgan fingerprint density at radius 1 is 1.07 bits per heavy atom. The van der Waals surface area contributed by atoms with E-state index < -0.39 is 0 Å². The SMILES string of the molecule is Cc1ccc(Cl)cc1NC(=O)CCSc1nnc(-c2ccco2)c(-c2ccco2)n1. The average molecular weight is 441 g/mol. The lowest BCUT2D eigenvalue weighted by Gasteiger charge is -2.09. The van der Waals surface area contributed by atoms with Crippen molar-refractivity contribution in [2.45, 2.75) is 18.5 Å². The molecular weight excluding hydrogens is 424 g/mol. The standard InChI is InChI=1S/C21H17ClN4O3S/c1-13-6-7-14(22)12-15(13)23-18(27)8-11-30-21-24-19(16-4-2-9-28-16)20(25-26-21)17-5-3-10-29-17/h2-7,9-10,12H,8,11H2,1H3,(H,23,27). The van der Waals surface area contributed by atoms with E-state index in [4.69, 9.17) is 20.4 Å². The Morgan fingerprint density at radius 3 is 2.50 bits per heavy atom. The highest BCUT2D eigenvalue weighted by molar-refractivity contribution is 7.99. The predicted octanol–water partition coefficient (Wildman–Crippen LogP) is 5.47. The van der Waals surface area contributed by atoms with Gasteiger partial charge in [0.05, 0.1) is 12.5 Å². The van der Waals surface area contributed by atoms with Crippen LogP contribution in [0, 0.1) is 6.92 Å². The summed E-state index contributed by atoms with van der Waals surface area (Å²) in [7, 11) is 0. The molecule has 0 bridgehead atoms. The van der Waals surface area contributed by atoms with Gasteiger partial charge in [-0.25, -0.2) is 4.98 Å². The third-order valence-corrected chi connectivity index (χ3v) is 5.28. The van der Waals surface area contributed by atoms with Crippen LogP contribution in [0.4, 0.5) is 5.69 Å². The second-order valence-corrected chi connectivity index (χ2v) is 7.85. The number of carbonyl (C=O) groups excluding carboxylic acids is 1. The molecule has 3 aromatic heterocycles. The van der Waals surface area contributed by atoms with Gasteiger partial charge in [-0.15, -0.1) is 10.2 Å². The van der Waals surface area contributed by atoms with Gasteiger partial charge < -0.3 is 14.2 Å². The normalized spacial score (nSPS) is 10.9. The molecule has 0 atom stereocenters. The maximum absolute atomic E-state index is 12.3. The van der Waals surface area contributed by atoms with E-state index >= 15 is 0 Å². The first kappa shape index (κ1) is 20.2. The first-order valence-electron chi connectivity index (χ1n) is 9.11. The number of furan rings is 2. The predicted molar refractivity (Wildman–Crippen MR) is 115 cm³/mol. The second kappa shape index (κ2) is 9.15. The first-order valence-corrected chi connectivity index (χ1v) is 10.5. The van der Waals surface area contributed by atoms with E-state index in [0.29, 0.717) is 44.5 Å². The molecule has 1 aromatic carbocycles. The van der Waals surface area contributed by atoms with Gasteiger partial charge in [-0.05, 0) is 48.9 Å². The Labute approximate surface area is 181 Å². The van der Waals surface area contributed by atoms with Crippen LogP contribution in [-0.4, -0.2) is 26.8 Å². The van der Waals surface area contributed by atoms with Crippen molar-refractivity contribution in [2.75, 3.05) is 11.1 Å². The molecule has 1 amide bonds. The fourth-order valence-corrected chi connectivity index (χ4v) is 3.61. The third-order valence-electron chi connectivity index (χ3n) is 4.21. The molecule has 0 fully saturated rings. The van der Waals surface area contributed by atoms with Gasteiger partial charge in [0.2, 0.25) is 11.1 Å². The van der Waals surface area contributed by atoms with Crippen molar-refractivity contribution in [3.63, 3.8) is 0 Å². The second-order valence-electron chi connectivity index (χ2n) is 6.35. The van der Waals surface area contributed by atoms with Gasteiger partial charge in [0, 0.05) is 22.9 Å². The van der Waals surface area contributed by atoms with Gasteiger partial charge in [0.1, 0.15) is 5.69 Å². The molecule has 1 N–H and O–H groups in total. The number of benzene rings is 1. The van der Waals surface area contributed by atoms with Gasteiger partial charge in [-0.1, -0.05) is 29.4 Å². The molecule has 0 aliphatic carbocycles. The lowest BCUT2D eigenvalue weighted by molar-refractivity contribution is -0.115. The van der Waals surface area contributed by atoms with Crippen LogP contribution in [0.5, 0.6) is 0 Å². The molecule has 0 saturated carbocycles. The number of thioether (sulfide) groups is 1. The van der Waals surface area contributed by atoms with Crippen molar-refractivity contribution in [1.82, 2.24) is 15.2 Å². The molecule has 0 spiro atoms. The summed E-state index contributed by atoms with van der Waals surface area (Å²) in [4.78, 5) is 16.8. The topological polar surface area (TPSA) is 94.1 Å². The molecule has 0 aliphatic heterocycles. The van der Waals surface area contributed by atoms with Crippen LogP contribution in [0.2, 0.25) is 5.02 Å². The van der Waals surface area contributed by atoms with Crippen LogP contribution in [-0.2, 0) is 4.79 Å². The van der Waals surface area contributed by atoms with E-state index in [1.807, 2.05) is 13.0 Å². The zero-order valence-electron chi connectivity index (χ0n) is 16.0. The Bertz CT molecular complexity index is 1150. The molecular formula is C21H17ClN4O3S. The fraction of sp³-hybridized carbons (Fsp3) is 0.143. The van der Waals surface area contributed by atoms with Crippen LogP contribution in [0.15, 0.2) is 69.0 Å². The number of aryl methyl sites for hydroxylation is 1. The number of amides is 1. The Hall–Kier alpha value is -3.10. The van der Waals surface area contributed by atoms with Crippen molar-refractivity contribution >= 4 is 35.0 Å². The van der Waals surface area contributed by atoms with Crippen LogP contribution < -0.4 is 5.32 Å². The molecule has 4 rings (SSSR count). The fourth-order valence-electron chi connectivity index (χ4n) is 2.71. The van der Waals surface area contributed by atoms with Crippen molar-refractivity contribution in [1.29, 1.82) is 0 Å². The highest BCUT2D eigenvalue weighted by Crippen LogP contribution is 2.30. The minimum Gasteiger partial charge on any atom is -0.463 e. The highest BCUT2D eigenvalue weighted by Gasteiger charge is 2.18. The van der Waals surface area contributed by atoms with Crippen LogP contribution in [0.3, 0.4) is 0 Å². The van der Waals surface area contributed by atoms with E-state index in [2.05, 4.69) is 20.5 Å². The molecule has 0 radical (unpaired) electrons. The molecule has 30 heavy (non-hydrogen) atoms. The summed E-state index contributed by atoms with van der Waals surface area (Å²) in [5.74, 6) is 1.49. The Morgan fingerprint density at radius 2 is 1.80 bits per heavy atom. The number of anilines is 1. The summed E-state index contributed by atoms with van der Waals surface area (Å²) in [5.41, 5.74) is 2.68. The summed E-state index contributed by atoms with van der Waals surface area (Å²) in [5, 5.41) is 12.3. The molecule has 152 valence electrons. The van der Waals surface area contributed by atoms with Crippen molar-refractivity contribution < 1.29 is 13.6 Å². The number of aromatic nitrogens is 3. The number of rotatable bonds is 7. The quantitative estimate of drug-likeness (QED) is 0.380. The molecule has 0 unspecified atom stereocenters. The summed E-state index contributed by atoms with van der Waals surface area (Å²) in [6.45, 7) is 1.91. The van der Waals surface area contributed by atoms with E-state index in [0.717, 1.165) is 5.56 Å². The number of hydrogen-bond donors (Lipinski definition) is 1. The minimum absolute atomic E-state index is 0.112. The summed E-state index contributed by atoms with van der Waals surface area (Å²) in [6, 6.07) is 12.5. The van der Waals surface area contributed by atoms with Gasteiger partial charge in [-0.3, -0.25) is 4.79 Å². The van der Waals surface area contributed by atoms with Gasteiger partial charge in [0.15, 0.2) is 17.2 Å². The zero-order valence-corrected chi connectivity index (χ0v) is 17.5. The minimum atomic E-state index is -0.112. The number of nitrogens with one attached hydrogen (secondary N) is 1. The third kappa shape index (κ3) is 4.72. The van der Waals surface area contributed by atoms with E-state index in [1.54, 1.807) is 48.9 Å². The number of halogens is 1. The molecule has 7 nitrogen and oxygen atoms in total. The van der Waals surface area contributed by atoms with Crippen LogP contribution in [0.25, 0.3) is 22.9 Å². The van der Waals surface area contributed by atoms with Gasteiger partial charge in [0.25, 0.3) is 0 Å². The van der Waals surface area contributed by atoms with Crippen molar-refractivity contribution in [2.24, 2.45) is 0 Å². The van der Waals surface area contributed by atoms with Crippen molar-refractivity contribution in [3.05, 3.63) is 65.6 Å². The molecule has 4 aromatic rings. The molecule has 3 heterocycles. The maximum Gasteiger partial charge on any atom is 0.225 e. The number of nitrogens with zero attached hydrogens (tertiary/aromatic N) is 3. The summed E-state index contributed by atoms with van der Waals surface area (Å²) in [6.07, 6.45) is 3.42. The first-order chi connectivity index (χ1) is 14.6. The Balaban J connectivity index is 1.43. The van der Waals surface area contributed by atoms with Crippen LogP contribution in [0.1, 0.15) is 12.0 Å². The smallest absolute Gasteiger partial charge is 0.225 e. The van der Waals surface area contributed by atoms with Crippen molar-refractivity contribution in [3.8, 4) is 22.9 Å². The summed E-state index contributed by atoms with van der Waals surface area (Å²) >= 11 is 7.34. The zero-order chi connectivity index (χ0) is 20.9. The lowest BCUT2D eigenvalue weighted by atomic mass is 10.2. The van der Waals surface area contributed by atoms with Crippen LogP contribution >= 0.6 is 23.4 Å². The molecule has 0 saturated heterocycles. The van der Waals surface area contributed by atoms with E-state index in [-0.39, 0.29) is 12.3 Å². The van der Waals surface area contributed by atoms with E-state index in [1.165, 1.54) is 11.8 Å². The molecule has 0 aliphatic rings. The maximum atomic E-state index is 12.3. The van der Waals surface area contributed by atoms with Gasteiger partial charge >= 0.3 is 0 Å². The molecule has 9 heteroatoms. The monoisotopic (exact) mass is 440 g/mol. The largest absolute Gasteiger partial charge is 0.463 e. The lowest BCUT2D eigenvalue weighted by Crippen LogP contribution is -2.13. The number of carbonyl (C=O) groups is 1. The van der Waals surface area contributed by atoms with Gasteiger partial charge in [-0.2, -0.15) is 0 Å². The highest BCUT2D eigenvalue weighted by atomic mass is 35.5. The number of hydrogen-bond acceptors (Lipinski definition) is 7. The Kier molecular flexibility index (Phi) is 6.15. The van der Waals surface area contributed by atoms with E-state index in [9.17, 15) is 4.79 Å².